The lowest BCUT2D eigenvalue weighted by atomic mass is 10.0. The van der Waals surface area contributed by atoms with E-state index in [1.54, 1.807) is 6.07 Å². The summed E-state index contributed by atoms with van der Waals surface area (Å²) in [6, 6.07) is 5.90. The number of likely N-dealkylation sites (N-methyl/N-ethyl adjacent to an activating group) is 1. The zero-order valence-corrected chi connectivity index (χ0v) is 12.6. The van der Waals surface area contributed by atoms with Gasteiger partial charge >= 0.3 is 0 Å². The van der Waals surface area contributed by atoms with Crippen molar-refractivity contribution < 1.29 is 9.90 Å². The average Bonchev–Trinajstić information content (AvgIpc) is 2.88. The van der Waals surface area contributed by atoms with E-state index in [-0.39, 0.29) is 12.5 Å². The zero-order valence-electron chi connectivity index (χ0n) is 12.6. The van der Waals surface area contributed by atoms with Crippen molar-refractivity contribution in [3.8, 4) is 11.8 Å². The van der Waals surface area contributed by atoms with Gasteiger partial charge in [0.2, 0.25) is 0 Å². The van der Waals surface area contributed by atoms with E-state index < -0.39 is 0 Å². The van der Waals surface area contributed by atoms with Gasteiger partial charge in [-0.25, -0.2) is 0 Å². The topological polar surface area (TPSA) is 52.6 Å². The van der Waals surface area contributed by atoms with Crippen LogP contribution < -0.4 is 5.32 Å². The second kappa shape index (κ2) is 7.26. The number of aryl methyl sites for hydroxylation is 1. The fourth-order valence-electron chi connectivity index (χ4n) is 2.63. The first-order valence-electron chi connectivity index (χ1n) is 7.30. The van der Waals surface area contributed by atoms with Crippen LogP contribution in [0.5, 0.6) is 0 Å². The van der Waals surface area contributed by atoms with Crippen LogP contribution in [-0.4, -0.2) is 48.7 Å². The van der Waals surface area contributed by atoms with E-state index in [2.05, 4.69) is 29.1 Å². The Hall–Kier alpha value is -1.83. The number of hydrogen-bond acceptors (Lipinski definition) is 3. The molecule has 2 rings (SSSR count). The van der Waals surface area contributed by atoms with Crippen LogP contribution in [0.4, 0.5) is 0 Å². The fraction of sp³-hybridized carbons (Fsp3) is 0.471. The van der Waals surface area contributed by atoms with Crippen molar-refractivity contribution in [3.05, 3.63) is 34.9 Å². The van der Waals surface area contributed by atoms with Crippen LogP contribution in [0, 0.1) is 18.8 Å². The van der Waals surface area contributed by atoms with E-state index >= 15 is 0 Å². The number of hydrogen-bond donors (Lipinski definition) is 2. The molecule has 1 aliphatic rings. The number of aliphatic hydroxyl groups excluding tert-OH is 1. The maximum absolute atomic E-state index is 12.2. The first-order valence-corrected chi connectivity index (χ1v) is 7.30. The normalized spacial score (nSPS) is 18.1. The van der Waals surface area contributed by atoms with Crippen molar-refractivity contribution in [2.45, 2.75) is 25.8 Å². The molecule has 1 aromatic rings. The Labute approximate surface area is 126 Å². The molecule has 0 bridgehead atoms. The van der Waals surface area contributed by atoms with Gasteiger partial charge in [-0.05, 0) is 57.1 Å². The van der Waals surface area contributed by atoms with Crippen LogP contribution in [0.15, 0.2) is 18.2 Å². The zero-order chi connectivity index (χ0) is 15.2. The molecule has 21 heavy (non-hydrogen) atoms. The van der Waals surface area contributed by atoms with Gasteiger partial charge < -0.3 is 15.3 Å². The summed E-state index contributed by atoms with van der Waals surface area (Å²) in [5, 5.41) is 11.7. The second-order valence-electron chi connectivity index (χ2n) is 5.48. The summed E-state index contributed by atoms with van der Waals surface area (Å²) < 4.78 is 0. The van der Waals surface area contributed by atoms with Gasteiger partial charge in [0.1, 0.15) is 6.61 Å². The summed E-state index contributed by atoms with van der Waals surface area (Å²) >= 11 is 0. The van der Waals surface area contributed by atoms with E-state index in [0.29, 0.717) is 18.2 Å². The summed E-state index contributed by atoms with van der Waals surface area (Å²) in [6.07, 6.45) is 2.35. The van der Waals surface area contributed by atoms with Gasteiger partial charge in [0.25, 0.3) is 5.91 Å². The van der Waals surface area contributed by atoms with Crippen LogP contribution in [0.2, 0.25) is 0 Å². The first-order chi connectivity index (χ1) is 10.1. The monoisotopic (exact) mass is 286 g/mol. The Morgan fingerprint density at radius 1 is 1.52 bits per heavy atom. The summed E-state index contributed by atoms with van der Waals surface area (Å²) in [5.74, 6) is 5.45. The lowest BCUT2D eigenvalue weighted by Gasteiger charge is -2.19. The van der Waals surface area contributed by atoms with Gasteiger partial charge in [-0.3, -0.25) is 4.79 Å². The molecule has 112 valence electrons. The fourth-order valence-corrected chi connectivity index (χ4v) is 2.63. The number of carbonyl (C=O) groups excluding carboxylic acids is 1. The predicted octanol–water partition coefficient (Wildman–Crippen LogP) is 1.16. The van der Waals surface area contributed by atoms with Gasteiger partial charge in [-0.2, -0.15) is 0 Å². The molecule has 1 atom stereocenters. The minimum Gasteiger partial charge on any atom is -0.384 e. The van der Waals surface area contributed by atoms with Crippen molar-refractivity contribution in [2.75, 3.05) is 26.7 Å². The Morgan fingerprint density at radius 3 is 2.95 bits per heavy atom. The average molecular weight is 286 g/mol. The van der Waals surface area contributed by atoms with Crippen molar-refractivity contribution in [1.82, 2.24) is 10.2 Å². The highest BCUT2D eigenvalue weighted by atomic mass is 16.2. The van der Waals surface area contributed by atoms with Gasteiger partial charge in [-0.1, -0.05) is 11.8 Å². The molecular weight excluding hydrogens is 264 g/mol. The maximum Gasteiger partial charge on any atom is 0.251 e. The van der Waals surface area contributed by atoms with Crippen molar-refractivity contribution in [1.29, 1.82) is 0 Å². The highest BCUT2D eigenvalue weighted by Crippen LogP contribution is 2.14. The van der Waals surface area contributed by atoms with Gasteiger partial charge in [0.05, 0.1) is 0 Å². The molecule has 2 N–H and O–H groups in total. The summed E-state index contributed by atoms with van der Waals surface area (Å²) in [6.45, 7) is 3.57. The first kappa shape index (κ1) is 15.6. The number of aliphatic hydroxyl groups is 1. The smallest absolute Gasteiger partial charge is 0.251 e. The van der Waals surface area contributed by atoms with E-state index in [0.717, 1.165) is 24.1 Å². The lowest BCUT2D eigenvalue weighted by Crippen LogP contribution is -2.38. The van der Waals surface area contributed by atoms with E-state index in [4.69, 9.17) is 5.11 Å². The van der Waals surface area contributed by atoms with E-state index in [9.17, 15) is 4.79 Å². The molecule has 1 aromatic carbocycles. The van der Waals surface area contributed by atoms with Gasteiger partial charge in [0, 0.05) is 23.7 Å². The predicted molar refractivity (Wildman–Crippen MR) is 83.1 cm³/mol. The van der Waals surface area contributed by atoms with Gasteiger partial charge in [0.15, 0.2) is 0 Å². The standard InChI is InChI=1S/C17H22N2O2/c1-13-11-15(8-7-14(13)5-4-10-20)17(21)18-12-16-6-3-9-19(16)2/h7-8,11,16,20H,3,6,9-10,12H2,1-2H3,(H,18,21). The van der Waals surface area contributed by atoms with Crippen molar-refractivity contribution in [3.63, 3.8) is 0 Å². The Bertz CT molecular complexity index is 572. The largest absolute Gasteiger partial charge is 0.384 e. The number of amides is 1. The Morgan fingerprint density at radius 2 is 2.33 bits per heavy atom. The van der Waals surface area contributed by atoms with Crippen LogP contribution in [0.25, 0.3) is 0 Å². The quantitative estimate of drug-likeness (QED) is 0.820. The number of likely N-dealkylation sites (tertiary alicyclic amines) is 1. The minimum absolute atomic E-state index is 0.0416. The molecule has 4 nitrogen and oxygen atoms in total. The highest BCUT2D eigenvalue weighted by Gasteiger charge is 2.21. The molecule has 1 amide bonds. The number of nitrogens with one attached hydrogen (secondary N) is 1. The molecule has 0 saturated carbocycles. The highest BCUT2D eigenvalue weighted by molar-refractivity contribution is 5.94. The molecule has 0 aliphatic carbocycles. The molecule has 4 heteroatoms. The Balaban J connectivity index is 1.97. The van der Waals surface area contributed by atoms with Gasteiger partial charge in [-0.15, -0.1) is 0 Å². The number of benzene rings is 1. The summed E-state index contributed by atoms with van der Waals surface area (Å²) in [5.41, 5.74) is 2.44. The van der Waals surface area contributed by atoms with E-state index in [1.807, 2.05) is 19.1 Å². The minimum atomic E-state index is -0.156. The van der Waals surface area contributed by atoms with Crippen LogP contribution >= 0.6 is 0 Å². The number of nitrogens with zero attached hydrogens (tertiary/aromatic N) is 1. The summed E-state index contributed by atoms with van der Waals surface area (Å²) in [7, 11) is 2.10. The Kier molecular flexibility index (Phi) is 5.38. The maximum atomic E-state index is 12.2. The molecule has 1 fully saturated rings. The molecular formula is C17H22N2O2. The molecule has 0 aromatic heterocycles. The molecule has 1 unspecified atom stereocenters. The number of carbonyl (C=O) groups is 1. The summed E-state index contributed by atoms with van der Waals surface area (Å²) in [4.78, 5) is 14.5. The van der Waals surface area contributed by atoms with Crippen LogP contribution in [0.3, 0.4) is 0 Å². The lowest BCUT2D eigenvalue weighted by molar-refractivity contribution is 0.0943. The van der Waals surface area contributed by atoms with Crippen molar-refractivity contribution >= 4 is 5.91 Å². The van der Waals surface area contributed by atoms with E-state index in [1.165, 1.54) is 6.42 Å². The van der Waals surface area contributed by atoms with Crippen LogP contribution in [0.1, 0.15) is 34.3 Å². The molecule has 1 saturated heterocycles. The SMILES string of the molecule is Cc1cc(C(=O)NCC2CCCN2C)ccc1C#CCO. The van der Waals surface area contributed by atoms with Crippen LogP contribution in [-0.2, 0) is 0 Å². The molecule has 1 heterocycles. The third-order valence-corrected chi connectivity index (χ3v) is 3.96. The number of rotatable bonds is 3. The molecule has 0 spiro atoms. The van der Waals surface area contributed by atoms with Crippen molar-refractivity contribution in [2.24, 2.45) is 0 Å². The third-order valence-electron chi connectivity index (χ3n) is 3.96. The molecule has 1 aliphatic heterocycles. The third kappa shape index (κ3) is 4.07. The molecule has 0 radical (unpaired) electrons. The second-order valence-corrected chi connectivity index (χ2v) is 5.48.